The normalized spacial score (nSPS) is 15.0. The fourth-order valence-electron chi connectivity index (χ4n) is 4.55. The highest BCUT2D eigenvalue weighted by atomic mass is 16.6. The average molecular weight is 581 g/mol. The molecule has 2 amide bonds. The third-order valence-corrected chi connectivity index (χ3v) is 6.46. The molecule has 42 heavy (non-hydrogen) atoms. The molecular formula is C32H44N4O6. The first-order chi connectivity index (χ1) is 19.6. The van der Waals surface area contributed by atoms with E-state index < -0.39 is 23.5 Å². The van der Waals surface area contributed by atoms with Gasteiger partial charge in [-0.2, -0.15) is 0 Å². The van der Waals surface area contributed by atoms with Crippen LogP contribution < -0.4 is 15.8 Å². The number of nitrogens with zero attached hydrogens (tertiary/aromatic N) is 1. The summed E-state index contributed by atoms with van der Waals surface area (Å²) in [5.41, 5.74) is 6.36. The second-order valence-electron chi connectivity index (χ2n) is 12.5. The van der Waals surface area contributed by atoms with E-state index in [1.807, 2.05) is 45.0 Å². The number of carbonyl (C=O) groups excluding carboxylic acids is 3. The Hall–Kier alpha value is -3.92. The van der Waals surface area contributed by atoms with Gasteiger partial charge in [-0.25, -0.2) is 4.79 Å². The maximum Gasteiger partial charge on any atom is 0.332 e. The second kappa shape index (κ2) is 13.8. The summed E-state index contributed by atoms with van der Waals surface area (Å²) in [6, 6.07) is 13.1. The van der Waals surface area contributed by atoms with E-state index in [0.29, 0.717) is 43.5 Å². The molecule has 0 aromatic heterocycles. The van der Waals surface area contributed by atoms with Gasteiger partial charge < -0.3 is 30.2 Å². The Morgan fingerprint density at radius 1 is 0.929 bits per heavy atom. The van der Waals surface area contributed by atoms with Crippen molar-refractivity contribution in [2.45, 2.75) is 84.2 Å². The lowest BCUT2D eigenvalue weighted by Gasteiger charge is -2.34. The number of rotatable bonds is 10. The number of ether oxygens (including phenoxy) is 3. The number of nitrogen functional groups attached to an aromatic ring is 1. The van der Waals surface area contributed by atoms with E-state index in [9.17, 15) is 14.4 Å². The number of piperidine rings is 1. The van der Waals surface area contributed by atoms with E-state index in [2.05, 4.69) is 5.32 Å². The molecule has 3 rings (SSSR count). The van der Waals surface area contributed by atoms with Crippen LogP contribution in [0.5, 0.6) is 5.75 Å². The molecule has 1 saturated heterocycles. The van der Waals surface area contributed by atoms with Crippen molar-refractivity contribution >= 4 is 23.6 Å². The van der Waals surface area contributed by atoms with Gasteiger partial charge in [0.25, 0.3) is 5.91 Å². The van der Waals surface area contributed by atoms with Crippen molar-refractivity contribution in [1.82, 2.24) is 10.2 Å². The molecule has 2 aromatic carbocycles. The number of nitrogens with two attached hydrogens (primary N) is 1. The van der Waals surface area contributed by atoms with Crippen LogP contribution >= 0.6 is 0 Å². The number of esters is 1. The largest absolute Gasteiger partial charge is 0.488 e. The third kappa shape index (κ3) is 10.5. The van der Waals surface area contributed by atoms with Gasteiger partial charge in [0.15, 0.2) is 0 Å². The Kier molecular flexibility index (Phi) is 10.7. The number of amidine groups is 1. The molecule has 0 radical (unpaired) electrons. The Bertz CT molecular complexity index is 1240. The van der Waals surface area contributed by atoms with Gasteiger partial charge in [-0.15, -0.1) is 0 Å². The molecule has 228 valence electrons. The molecule has 1 aliphatic heterocycles. The van der Waals surface area contributed by atoms with E-state index >= 15 is 0 Å². The maximum atomic E-state index is 13.7. The monoisotopic (exact) mass is 580 g/mol. The van der Waals surface area contributed by atoms with Crippen molar-refractivity contribution in [3.8, 4) is 5.75 Å². The lowest BCUT2D eigenvalue weighted by Crippen LogP contribution is -2.52. The van der Waals surface area contributed by atoms with Crippen LogP contribution in [0.3, 0.4) is 0 Å². The number of benzene rings is 2. The van der Waals surface area contributed by atoms with Gasteiger partial charge in [0.05, 0.1) is 6.10 Å². The van der Waals surface area contributed by atoms with Crippen LogP contribution in [-0.2, 0) is 25.5 Å². The summed E-state index contributed by atoms with van der Waals surface area (Å²) in [4.78, 5) is 40.6. The molecule has 0 bridgehead atoms. The van der Waals surface area contributed by atoms with Gasteiger partial charge in [0, 0.05) is 30.6 Å². The lowest BCUT2D eigenvalue weighted by atomic mass is 10.0. The van der Waals surface area contributed by atoms with Gasteiger partial charge in [-0.3, -0.25) is 15.0 Å². The molecule has 10 heteroatoms. The minimum absolute atomic E-state index is 0.0904. The first-order valence-corrected chi connectivity index (χ1v) is 14.2. The molecule has 1 fully saturated rings. The Labute approximate surface area is 248 Å². The van der Waals surface area contributed by atoms with Gasteiger partial charge >= 0.3 is 5.97 Å². The molecule has 1 aliphatic rings. The molecular weight excluding hydrogens is 536 g/mol. The summed E-state index contributed by atoms with van der Waals surface area (Å²) in [6.45, 7) is 12.1. The van der Waals surface area contributed by atoms with Gasteiger partial charge in [-0.05, 0) is 84.2 Å². The summed E-state index contributed by atoms with van der Waals surface area (Å²) >= 11 is 0. The Morgan fingerprint density at radius 3 is 2.02 bits per heavy atom. The quantitative estimate of drug-likeness (QED) is 0.220. The lowest BCUT2D eigenvalue weighted by molar-refractivity contribution is -0.163. The van der Waals surface area contributed by atoms with Crippen LogP contribution in [0.15, 0.2) is 48.5 Å². The van der Waals surface area contributed by atoms with E-state index in [-0.39, 0.29) is 30.1 Å². The number of nitrogens with one attached hydrogen (secondary N) is 2. The van der Waals surface area contributed by atoms with Crippen LogP contribution in [0, 0.1) is 5.41 Å². The third-order valence-electron chi connectivity index (χ3n) is 6.46. The second-order valence-corrected chi connectivity index (χ2v) is 12.5. The van der Waals surface area contributed by atoms with Crippen LogP contribution in [-0.4, -0.2) is 71.6 Å². The number of amides is 2. The highest BCUT2D eigenvalue weighted by Crippen LogP contribution is 2.21. The van der Waals surface area contributed by atoms with Crippen LogP contribution in [0.25, 0.3) is 0 Å². The highest BCUT2D eigenvalue weighted by molar-refractivity contribution is 5.99. The fourth-order valence-corrected chi connectivity index (χ4v) is 4.55. The molecule has 10 nitrogen and oxygen atoms in total. The average Bonchev–Trinajstić information content (AvgIpc) is 2.90. The van der Waals surface area contributed by atoms with Crippen LogP contribution in [0.2, 0.25) is 0 Å². The molecule has 1 atom stereocenters. The van der Waals surface area contributed by atoms with Crippen molar-refractivity contribution < 1.29 is 28.6 Å². The van der Waals surface area contributed by atoms with E-state index in [0.717, 1.165) is 11.3 Å². The summed E-state index contributed by atoms with van der Waals surface area (Å²) < 4.78 is 17.0. The first kappa shape index (κ1) is 32.6. The number of hydrogen-bond acceptors (Lipinski definition) is 7. The predicted octanol–water partition coefficient (Wildman–Crippen LogP) is 3.84. The summed E-state index contributed by atoms with van der Waals surface area (Å²) in [7, 11) is 0. The Balaban J connectivity index is 1.68. The zero-order chi connectivity index (χ0) is 31.1. The summed E-state index contributed by atoms with van der Waals surface area (Å²) in [5.74, 6) is -0.375. The molecule has 0 saturated carbocycles. The zero-order valence-electron chi connectivity index (χ0n) is 25.5. The van der Waals surface area contributed by atoms with E-state index in [4.69, 9.17) is 25.4 Å². The zero-order valence-corrected chi connectivity index (χ0v) is 25.5. The standard InChI is InChI=1S/C32H44N4O6/c1-31(2,3)41-25-13-7-21(8-14-25)19-26(35-29(38)23-11-9-22(10-12-23)28(33)34)30(39)36-17-15-24(16-18-36)40-20-27(37)42-32(4,5)6/h7-14,24,26H,15-20H2,1-6H3,(H3,33,34)(H,35,38)/t26-/m0/s1. The van der Waals surface area contributed by atoms with Crippen molar-refractivity contribution in [2.75, 3.05) is 19.7 Å². The van der Waals surface area contributed by atoms with Gasteiger partial charge in [-0.1, -0.05) is 24.3 Å². The van der Waals surface area contributed by atoms with Crippen LogP contribution in [0.4, 0.5) is 0 Å². The van der Waals surface area contributed by atoms with Crippen molar-refractivity contribution in [3.63, 3.8) is 0 Å². The number of likely N-dealkylation sites (tertiary alicyclic amines) is 1. The molecule has 4 N–H and O–H groups in total. The summed E-state index contributed by atoms with van der Waals surface area (Å²) in [6.07, 6.45) is 1.27. The SMILES string of the molecule is CC(C)(C)OC(=O)COC1CCN(C(=O)[C@H](Cc2ccc(OC(C)(C)C)cc2)NC(=O)c2ccc(C(=N)N)cc2)CC1. The highest BCUT2D eigenvalue weighted by Gasteiger charge is 2.31. The molecule has 1 heterocycles. The first-order valence-electron chi connectivity index (χ1n) is 14.2. The number of hydrogen-bond donors (Lipinski definition) is 3. The van der Waals surface area contributed by atoms with Gasteiger partial charge in [0.1, 0.15) is 35.4 Å². The fraction of sp³-hybridized carbons (Fsp3) is 0.500. The van der Waals surface area contributed by atoms with Crippen LogP contribution in [0.1, 0.15) is 75.9 Å². The topological polar surface area (TPSA) is 144 Å². The maximum absolute atomic E-state index is 13.7. The Morgan fingerprint density at radius 2 is 1.50 bits per heavy atom. The summed E-state index contributed by atoms with van der Waals surface area (Å²) in [5, 5.41) is 10.5. The van der Waals surface area contributed by atoms with Crippen molar-refractivity contribution in [1.29, 1.82) is 5.41 Å². The van der Waals surface area contributed by atoms with E-state index in [1.54, 1.807) is 49.9 Å². The van der Waals surface area contributed by atoms with Crippen molar-refractivity contribution in [3.05, 3.63) is 65.2 Å². The van der Waals surface area contributed by atoms with E-state index in [1.165, 1.54) is 0 Å². The molecule has 0 unspecified atom stereocenters. The molecule has 0 aliphatic carbocycles. The smallest absolute Gasteiger partial charge is 0.332 e. The molecule has 2 aromatic rings. The van der Waals surface area contributed by atoms with Crippen molar-refractivity contribution in [2.24, 2.45) is 5.73 Å². The number of carbonyl (C=O) groups is 3. The molecule has 0 spiro atoms. The minimum Gasteiger partial charge on any atom is -0.488 e. The van der Waals surface area contributed by atoms with Gasteiger partial charge in [0.2, 0.25) is 5.91 Å². The minimum atomic E-state index is -0.807. The predicted molar refractivity (Wildman–Crippen MR) is 161 cm³/mol.